The van der Waals surface area contributed by atoms with Gasteiger partial charge in [0.25, 0.3) is 0 Å². The highest BCUT2D eigenvalue weighted by Crippen LogP contribution is 2.61. The van der Waals surface area contributed by atoms with Crippen molar-refractivity contribution in [2.24, 2.45) is 17.3 Å². The van der Waals surface area contributed by atoms with Crippen molar-refractivity contribution in [1.29, 1.82) is 0 Å². The number of fused-ring (bicyclic) bond motifs is 2. The Hall–Kier alpha value is -0.0151. The van der Waals surface area contributed by atoms with Gasteiger partial charge in [-0.05, 0) is 50.5 Å². The second kappa shape index (κ2) is 4.49. The van der Waals surface area contributed by atoms with E-state index in [1.807, 2.05) is 0 Å². The van der Waals surface area contributed by atoms with Crippen molar-refractivity contribution in [2.75, 3.05) is 19.8 Å². The molecule has 0 amide bonds. The largest absolute Gasteiger partial charge is 0.377 e. The fourth-order valence-corrected chi connectivity index (χ4v) is 6.05. The smallest absolute Gasteiger partial charge is 0.109 e. The number of hydrogen-bond acceptors (Lipinski definition) is 2. The van der Waals surface area contributed by atoms with Crippen LogP contribution < -0.4 is 0 Å². The first-order valence-electron chi connectivity index (χ1n) is 8.53. The molecule has 2 aliphatic heterocycles. The van der Waals surface area contributed by atoms with Gasteiger partial charge in [0, 0.05) is 6.04 Å². The highest BCUT2D eigenvalue weighted by Gasteiger charge is 2.61. The molecule has 0 aromatic carbocycles. The molecule has 2 nitrogen and oxygen atoms in total. The summed E-state index contributed by atoms with van der Waals surface area (Å²) in [5.41, 5.74) is 0.837. The van der Waals surface area contributed by atoms with Crippen LogP contribution in [0.5, 0.6) is 0 Å². The third-order valence-corrected chi connectivity index (χ3v) is 6.47. The predicted molar refractivity (Wildman–Crippen MR) is 86.9 cm³/mol. The zero-order valence-corrected chi connectivity index (χ0v) is 14.3. The molecule has 1 spiro atoms. The number of nitrogens with zero attached hydrogens (tertiary/aromatic N) is 1. The van der Waals surface area contributed by atoms with Gasteiger partial charge in [-0.2, -0.15) is 0 Å². The molecule has 0 aromatic heterocycles. The molecule has 3 atom stereocenters. The maximum absolute atomic E-state index is 5.74. The summed E-state index contributed by atoms with van der Waals surface area (Å²) >= 11 is 0. The van der Waals surface area contributed by atoms with E-state index in [-0.39, 0.29) is 0 Å². The van der Waals surface area contributed by atoms with Gasteiger partial charge in [-0.15, -0.1) is 0 Å². The maximum atomic E-state index is 5.74. The Morgan fingerprint density at radius 1 is 1.15 bits per heavy atom. The second-order valence-corrected chi connectivity index (χ2v) is 9.42. The Balaban J connectivity index is 1.96. The van der Waals surface area contributed by atoms with Crippen molar-refractivity contribution < 1.29 is 4.74 Å². The Bertz CT molecular complexity index is 386. The highest BCUT2D eigenvalue weighted by atomic mass is 16.5. The standard InChI is InChI=1S/C17H32BNO/c1-12(2)19-7-6-13-14(17(19)10-20-11-17)8-16(5,18)9-15(13,3)4/h12-14H,6-11,18H2,1-5H3. The molecule has 20 heavy (non-hydrogen) atoms. The molecule has 2 heterocycles. The molecule has 3 aliphatic rings. The quantitative estimate of drug-likeness (QED) is 0.683. The minimum absolute atomic E-state index is 0.353. The topological polar surface area (TPSA) is 12.5 Å². The van der Waals surface area contributed by atoms with E-state index in [0.29, 0.717) is 22.3 Å². The molecule has 114 valence electrons. The number of ether oxygens (including phenoxy) is 1. The Labute approximate surface area is 126 Å². The van der Waals surface area contributed by atoms with Crippen LogP contribution in [0, 0.1) is 17.3 Å². The third-order valence-electron chi connectivity index (χ3n) is 6.47. The van der Waals surface area contributed by atoms with Crippen LogP contribution in [0.4, 0.5) is 0 Å². The van der Waals surface area contributed by atoms with Crippen LogP contribution in [0.2, 0.25) is 5.31 Å². The number of likely N-dealkylation sites (tertiary alicyclic amines) is 1. The first-order chi connectivity index (χ1) is 9.18. The van der Waals surface area contributed by atoms with Gasteiger partial charge in [0.2, 0.25) is 0 Å². The van der Waals surface area contributed by atoms with Gasteiger partial charge < -0.3 is 4.74 Å². The molecular weight excluding hydrogens is 245 g/mol. The van der Waals surface area contributed by atoms with Gasteiger partial charge in [0.05, 0.1) is 18.8 Å². The van der Waals surface area contributed by atoms with Crippen LogP contribution in [-0.4, -0.2) is 44.1 Å². The summed E-state index contributed by atoms with van der Waals surface area (Å²) in [7, 11) is 2.48. The van der Waals surface area contributed by atoms with Crippen LogP contribution in [0.25, 0.3) is 0 Å². The van der Waals surface area contributed by atoms with Crippen molar-refractivity contribution in [3.63, 3.8) is 0 Å². The lowest BCUT2D eigenvalue weighted by Gasteiger charge is -2.66. The van der Waals surface area contributed by atoms with E-state index in [1.165, 1.54) is 25.8 Å². The van der Waals surface area contributed by atoms with Crippen LogP contribution >= 0.6 is 0 Å². The summed E-state index contributed by atoms with van der Waals surface area (Å²) < 4.78 is 5.74. The zero-order chi connectivity index (χ0) is 14.8. The Kier molecular flexibility index (Phi) is 3.35. The van der Waals surface area contributed by atoms with Crippen LogP contribution in [0.15, 0.2) is 0 Å². The third kappa shape index (κ3) is 2.08. The minimum atomic E-state index is 0.353. The lowest BCUT2D eigenvalue weighted by molar-refractivity contribution is -0.228. The van der Waals surface area contributed by atoms with Gasteiger partial charge in [0.15, 0.2) is 0 Å². The van der Waals surface area contributed by atoms with E-state index in [4.69, 9.17) is 4.74 Å². The van der Waals surface area contributed by atoms with Crippen LogP contribution in [0.1, 0.15) is 53.9 Å². The summed E-state index contributed by atoms with van der Waals surface area (Å²) in [6, 6.07) is 0.646. The summed E-state index contributed by atoms with van der Waals surface area (Å²) in [5.74, 6) is 1.71. The maximum Gasteiger partial charge on any atom is 0.109 e. The zero-order valence-electron chi connectivity index (χ0n) is 14.3. The van der Waals surface area contributed by atoms with Gasteiger partial charge in [-0.1, -0.05) is 32.5 Å². The molecule has 0 bridgehead atoms. The fraction of sp³-hybridized carbons (Fsp3) is 1.00. The normalized spacial score (nSPS) is 43.3. The summed E-state index contributed by atoms with van der Waals surface area (Å²) in [6.45, 7) is 15.4. The van der Waals surface area contributed by atoms with E-state index in [1.54, 1.807) is 0 Å². The van der Waals surface area contributed by atoms with E-state index >= 15 is 0 Å². The van der Waals surface area contributed by atoms with Gasteiger partial charge >= 0.3 is 0 Å². The van der Waals surface area contributed by atoms with Crippen molar-refractivity contribution in [3.8, 4) is 0 Å². The van der Waals surface area contributed by atoms with Crippen molar-refractivity contribution in [3.05, 3.63) is 0 Å². The minimum Gasteiger partial charge on any atom is -0.377 e. The van der Waals surface area contributed by atoms with Crippen molar-refractivity contribution in [2.45, 2.75) is 70.8 Å². The average molecular weight is 277 g/mol. The lowest BCUT2D eigenvalue weighted by Crippen LogP contribution is -2.73. The predicted octanol–water partition coefficient (Wildman–Crippen LogP) is 2.73. The van der Waals surface area contributed by atoms with E-state index in [9.17, 15) is 0 Å². The number of rotatable bonds is 1. The highest BCUT2D eigenvalue weighted by molar-refractivity contribution is 6.15. The molecule has 3 fully saturated rings. The molecule has 1 aliphatic carbocycles. The molecule has 3 unspecified atom stereocenters. The molecule has 0 radical (unpaired) electrons. The molecule has 1 saturated carbocycles. The Morgan fingerprint density at radius 2 is 1.80 bits per heavy atom. The Morgan fingerprint density at radius 3 is 2.30 bits per heavy atom. The first-order valence-corrected chi connectivity index (χ1v) is 8.53. The second-order valence-electron chi connectivity index (χ2n) is 9.42. The van der Waals surface area contributed by atoms with Gasteiger partial charge in [0.1, 0.15) is 7.85 Å². The molecule has 2 saturated heterocycles. The molecule has 0 N–H and O–H groups in total. The summed E-state index contributed by atoms with van der Waals surface area (Å²) in [5, 5.41) is 0.479. The average Bonchev–Trinajstić information content (AvgIpc) is 2.21. The van der Waals surface area contributed by atoms with E-state index in [2.05, 4.69) is 47.4 Å². The molecular formula is C17H32BNO. The van der Waals surface area contributed by atoms with Crippen LogP contribution in [-0.2, 0) is 4.74 Å². The SMILES string of the molecule is BC1(C)CC2C(CCN(C(C)C)C23COC3)C(C)(C)C1. The lowest BCUT2D eigenvalue weighted by atomic mass is 9.44. The molecule has 3 heteroatoms. The molecule has 3 rings (SSSR count). The number of piperidine rings is 1. The monoisotopic (exact) mass is 277 g/mol. The summed E-state index contributed by atoms with van der Waals surface area (Å²) in [6.07, 6.45) is 4.14. The van der Waals surface area contributed by atoms with Gasteiger partial charge in [-0.25, -0.2) is 0 Å². The first kappa shape index (κ1) is 14.9. The van der Waals surface area contributed by atoms with Crippen molar-refractivity contribution >= 4 is 7.85 Å². The van der Waals surface area contributed by atoms with Crippen LogP contribution in [0.3, 0.4) is 0 Å². The van der Waals surface area contributed by atoms with E-state index < -0.39 is 0 Å². The van der Waals surface area contributed by atoms with E-state index in [0.717, 1.165) is 25.0 Å². The number of hydrogen-bond donors (Lipinski definition) is 0. The van der Waals surface area contributed by atoms with Gasteiger partial charge in [-0.3, -0.25) is 4.90 Å². The fourth-order valence-electron chi connectivity index (χ4n) is 6.05. The summed E-state index contributed by atoms with van der Waals surface area (Å²) in [4.78, 5) is 2.77. The molecule has 0 aromatic rings. The van der Waals surface area contributed by atoms with Crippen molar-refractivity contribution in [1.82, 2.24) is 4.90 Å².